The predicted molar refractivity (Wildman–Crippen MR) is 299 cm³/mol. The molecule has 0 spiro atoms. The first-order valence-corrected chi connectivity index (χ1v) is 24.4. The summed E-state index contributed by atoms with van der Waals surface area (Å²) in [6.07, 6.45) is 0. The molecule has 0 fully saturated rings. The van der Waals surface area contributed by atoms with E-state index < -0.39 is 0 Å². The van der Waals surface area contributed by atoms with Gasteiger partial charge in [0.2, 0.25) is 0 Å². The number of fused-ring (bicyclic) bond motifs is 13. The lowest BCUT2D eigenvalue weighted by molar-refractivity contribution is 0.668. The van der Waals surface area contributed by atoms with Gasteiger partial charge in [-0.25, -0.2) is 0 Å². The van der Waals surface area contributed by atoms with Crippen LogP contribution in [0.15, 0.2) is 221 Å². The number of hydrogen-bond donors (Lipinski definition) is 0. The van der Waals surface area contributed by atoms with E-state index >= 15 is 0 Å². The van der Waals surface area contributed by atoms with Crippen molar-refractivity contribution in [3.8, 4) is 5.69 Å². The first-order valence-electron chi connectivity index (χ1n) is 24.4. The van der Waals surface area contributed by atoms with Gasteiger partial charge >= 0.3 is 0 Å². The van der Waals surface area contributed by atoms with Gasteiger partial charge in [0.05, 0.1) is 33.8 Å². The van der Waals surface area contributed by atoms with E-state index in [1.807, 2.05) is 0 Å². The van der Waals surface area contributed by atoms with Crippen LogP contribution in [0.2, 0.25) is 0 Å². The number of rotatable bonds is 7. The van der Waals surface area contributed by atoms with Crippen molar-refractivity contribution in [3.05, 3.63) is 235 Å². The molecule has 0 aliphatic heterocycles. The maximum Gasteiger partial charge on any atom is 0.159 e. The van der Waals surface area contributed by atoms with E-state index in [4.69, 9.17) is 8.83 Å². The first kappa shape index (κ1) is 41.0. The SMILES string of the molecule is Cc1ccc(N(c2cc3c(c4ccccc24)c2c4ccccc4c(N(c4ccc(C)cc4)c4cccc5c4oc4ccc(C)cc45)cc2n3-c2ccccc2)c2cccc3c2oc2ccc(C)cc23)cc1. The van der Waals surface area contributed by atoms with Gasteiger partial charge in [-0.3, -0.25) is 0 Å². The van der Waals surface area contributed by atoms with Crippen molar-refractivity contribution >= 4 is 121 Å². The minimum Gasteiger partial charge on any atom is -0.454 e. The largest absolute Gasteiger partial charge is 0.454 e. The van der Waals surface area contributed by atoms with Crippen LogP contribution in [0.4, 0.5) is 34.1 Å². The van der Waals surface area contributed by atoms with Crippen LogP contribution in [0.5, 0.6) is 0 Å². The molecule has 0 bridgehead atoms. The Labute approximate surface area is 410 Å². The number of aromatic nitrogens is 1. The maximum absolute atomic E-state index is 6.88. The van der Waals surface area contributed by atoms with E-state index in [0.29, 0.717) is 0 Å². The zero-order valence-electron chi connectivity index (χ0n) is 39.9. The van der Waals surface area contributed by atoms with Crippen LogP contribution < -0.4 is 9.80 Å². The fourth-order valence-corrected chi connectivity index (χ4v) is 11.3. The lowest BCUT2D eigenvalue weighted by Gasteiger charge is -2.27. The number of aryl methyl sites for hydroxylation is 4. The van der Waals surface area contributed by atoms with Crippen molar-refractivity contribution in [2.45, 2.75) is 27.7 Å². The Morgan fingerprint density at radius 1 is 0.310 bits per heavy atom. The van der Waals surface area contributed by atoms with Crippen LogP contribution in [-0.4, -0.2) is 4.57 Å². The van der Waals surface area contributed by atoms with Crippen LogP contribution in [0.3, 0.4) is 0 Å². The number of para-hydroxylation sites is 3. The molecule has 338 valence electrons. The standard InChI is InChI=1S/C66H47N3O2/c1-40-24-30-45(31-25-40)67(55-22-12-20-51-53-36-42(3)28-34-61(53)70-65(51)55)57-38-59-63(49-18-10-8-16-47(49)57)64-50-19-11-9-17-48(50)58(39-60(64)69(59)44-14-6-5-7-15-44)68(46-32-26-41(2)27-33-46)56-23-13-21-52-54-37-43(4)29-35-62(54)71-66(52)56/h5-39H,1-4H3. The monoisotopic (exact) mass is 913 g/mol. The quantitative estimate of drug-likeness (QED) is 0.160. The average molecular weight is 914 g/mol. The Balaban J connectivity index is 1.12. The third kappa shape index (κ3) is 6.33. The lowest BCUT2D eigenvalue weighted by atomic mass is 9.96. The number of benzene rings is 11. The topological polar surface area (TPSA) is 37.7 Å². The summed E-state index contributed by atoms with van der Waals surface area (Å²) in [6, 6.07) is 77.3. The zero-order valence-corrected chi connectivity index (χ0v) is 39.9. The molecule has 0 aliphatic carbocycles. The van der Waals surface area contributed by atoms with Crippen LogP contribution in [0.1, 0.15) is 22.3 Å². The van der Waals surface area contributed by atoms with Gasteiger partial charge in [-0.05, 0) is 123 Å². The molecule has 14 aromatic rings. The van der Waals surface area contributed by atoms with E-state index in [-0.39, 0.29) is 0 Å². The number of nitrogens with zero attached hydrogens (tertiary/aromatic N) is 3. The molecule has 0 atom stereocenters. The van der Waals surface area contributed by atoms with Crippen LogP contribution >= 0.6 is 0 Å². The Bertz CT molecular complexity index is 4180. The molecular weight excluding hydrogens is 867 g/mol. The number of hydrogen-bond acceptors (Lipinski definition) is 4. The van der Waals surface area contributed by atoms with E-state index in [0.717, 1.165) is 105 Å². The predicted octanol–water partition coefficient (Wildman–Crippen LogP) is 19.1. The minimum absolute atomic E-state index is 0.850. The van der Waals surface area contributed by atoms with Crippen molar-refractivity contribution in [3.63, 3.8) is 0 Å². The smallest absolute Gasteiger partial charge is 0.159 e. The van der Waals surface area contributed by atoms with Crippen molar-refractivity contribution < 1.29 is 8.83 Å². The molecule has 14 rings (SSSR count). The van der Waals surface area contributed by atoms with Gasteiger partial charge in [-0.1, -0.05) is 150 Å². The molecule has 5 heteroatoms. The highest BCUT2D eigenvalue weighted by molar-refractivity contribution is 6.32. The van der Waals surface area contributed by atoms with Crippen LogP contribution in [-0.2, 0) is 0 Å². The van der Waals surface area contributed by atoms with E-state index in [1.54, 1.807) is 0 Å². The molecule has 71 heavy (non-hydrogen) atoms. The van der Waals surface area contributed by atoms with Gasteiger partial charge in [-0.2, -0.15) is 0 Å². The summed E-state index contributed by atoms with van der Waals surface area (Å²) >= 11 is 0. The third-order valence-electron chi connectivity index (χ3n) is 14.6. The summed E-state index contributed by atoms with van der Waals surface area (Å²) in [4.78, 5) is 4.81. The lowest BCUT2D eigenvalue weighted by Crippen LogP contribution is -2.11. The first-order chi connectivity index (χ1) is 34.9. The van der Waals surface area contributed by atoms with Gasteiger partial charge in [0.1, 0.15) is 11.2 Å². The fraction of sp³-hybridized carbons (Fsp3) is 0.0606. The normalized spacial score (nSPS) is 11.9. The summed E-state index contributed by atoms with van der Waals surface area (Å²) in [7, 11) is 0. The summed E-state index contributed by atoms with van der Waals surface area (Å²) in [6.45, 7) is 8.57. The van der Waals surface area contributed by atoms with E-state index in [9.17, 15) is 0 Å². The Hall–Kier alpha value is -9.06. The Morgan fingerprint density at radius 2 is 0.704 bits per heavy atom. The van der Waals surface area contributed by atoms with Gasteiger partial charge in [0.15, 0.2) is 11.2 Å². The molecule has 0 saturated heterocycles. The highest BCUT2D eigenvalue weighted by Crippen LogP contribution is 2.52. The van der Waals surface area contributed by atoms with Crippen LogP contribution in [0, 0.1) is 27.7 Å². The van der Waals surface area contributed by atoms with Gasteiger partial charge in [0, 0.05) is 60.2 Å². The highest BCUT2D eigenvalue weighted by Gasteiger charge is 2.28. The molecule has 0 radical (unpaired) electrons. The second-order valence-electron chi connectivity index (χ2n) is 19.2. The fourth-order valence-electron chi connectivity index (χ4n) is 11.3. The second kappa shape index (κ2) is 15.7. The molecule has 0 saturated carbocycles. The second-order valence-corrected chi connectivity index (χ2v) is 19.2. The highest BCUT2D eigenvalue weighted by atomic mass is 16.3. The van der Waals surface area contributed by atoms with Crippen molar-refractivity contribution in [1.29, 1.82) is 0 Å². The van der Waals surface area contributed by atoms with Crippen LogP contribution in [0.25, 0.3) is 92.9 Å². The molecule has 11 aromatic carbocycles. The molecule has 0 aliphatic rings. The van der Waals surface area contributed by atoms with E-state index in [2.05, 4.69) is 254 Å². The minimum atomic E-state index is 0.850. The molecule has 0 N–H and O–H groups in total. The molecule has 3 heterocycles. The number of anilines is 6. The Morgan fingerprint density at radius 3 is 1.15 bits per heavy atom. The molecule has 0 unspecified atom stereocenters. The van der Waals surface area contributed by atoms with Gasteiger partial charge < -0.3 is 23.2 Å². The van der Waals surface area contributed by atoms with Crippen molar-refractivity contribution in [2.24, 2.45) is 0 Å². The Kier molecular flexibility index (Phi) is 9.08. The summed E-state index contributed by atoms with van der Waals surface area (Å²) in [5.41, 5.74) is 17.7. The molecular formula is C66H47N3O2. The maximum atomic E-state index is 6.88. The van der Waals surface area contributed by atoms with E-state index in [1.165, 1.54) is 43.8 Å². The van der Waals surface area contributed by atoms with Crippen molar-refractivity contribution in [2.75, 3.05) is 9.80 Å². The zero-order chi connectivity index (χ0) is 47.5. The van der Waals surface area contributed by atoms with Crippen molar-refractivity contribution in [1.82, 2.24) is 4.57 Å². The summed E-state index contributed by atoms with van der Waals surface area (Å²) in [5.74, 6) is 0. The molecule has 3 aromatic heterocycles. The number of furan rings is 2. The average Bonchev–Trinajstić information content (AvgIpc) is 4.08. The third-order valence-corrected chi connectivity index (χ3v) is 14.6. The summed E-state index contributed by atoms with van der Waals surface area (Å²) in [5, 5.41) is 11.4. The molecule has 0 amide bonds. The van der Waals surface area contributed by atoms with Gasteiger partial charge in [-0.15, -0.1) is 0 Å². The molecule has 5 nitrogen and oxygen atoms in total. The summed E-state index contributed by atoms with van der Waals surface area (Å²) < 4.78 is 16.2. The van der Waals surface area contributed by atoms with Gasteiger partial charge in [0.25, 0.3) is 0 Å².